The Morgan fingerprint density at radius 1 is 1.00 bits per heavy atom. The highest BCUT2D eigenvalue weighted by molar-refractivity contribution is 6.05. The second-order valence-electron chi connectivity index (χ2n) is 4.34. The van der Waals surface area contributed by atoms with Gasteiger partial charge in [0.1, 0.15) is 0 Å². The molecule has 0 saturated heterocycles. The lowest BCUT2D eigenvalue weighted by atomic mass is 10.1. The van der Waals surface area contributed by atoms with Gasteiger partial charge in [0.25, 0.3) is 5.91 Å². The maximum atomic E-state index is 12.3. The predicted octanol–water partition coefficient (Wildman–Crippen LogP) is 3.26. The number of hydrogen-bond donors (Lipinski definition) is 1. The summed E-state index contributed by atoms with van der Waals surface area (Å²) in [6.07, 6.45) is 0. The van der Waals surface area contributed by atoms with Gasteiger partial charge in [0, 0.05) is 11.3 Å². The summed E-state index contributed by atoms with van der Waals surface area (Å²) in [5.74, 6) is 0.979. The normalized spacial score (nSPS) is 9.95. The monoisotopic (exact) mass is 271 g/mol. The van der Waals surface area contributed by atoms with E-state index in [2.05, 4.69) is 5.32 Å². The van der Waals surface area contributed by atoms with Crippen molar-refractivity contribution in [2.45, 2.75) is 6.92 Å². The van der Waals surface area contributed by atoms with Crippen LogP contribution < -0.4 is 14.8 Å². The molecule has 0 aliphatic rings. The van der Waals surface area contributed by atoms with Crippen LogP contribution in [0.15, 0.2) is 42.5 Å². The van der Waals surface area contributed by atoms with Crippen molar-refractivity contribution in [2.24, 2.45) is 0 Å². The predicted molar refractivity (Wildman–Crippen MR) is 78.7 cm³/mol. The minimum atomic E-state index is -0.172. The van der Waals surface area contributed by atoms with Gasteiger partial charge in [-0.05, 0) is 36.8 Å². The molecule has 0 radical (unpaired) electrons. The molecule has 2 rings (SSSR count). The lowest BCUT2D eigenvalue weighted by molar-refractivity contribution is 0.102. The quantitative estimate of drug-likeness (QED) is 0.928. The van der Waals surface area contributed by atoms with Gasteiger partial charge in [0.05, 0.1) is 14.2 Å². The summed E-state index contributed by atoms with van der Waals surface area (Å²) in [4.78, 5) is 12.3. The first-order chi connectivity index (χ1) is 9.65. The number of methoxy groups -OCH3 is 2. The number of ether oxygens (including phenoxy) is 2. The van der Waals surface area contributed by atoms with Gasteiger partial charge in [-0.15, -0.1) is 0 Å². The van der Waals surface area contributed by atoms with Crippen molar-refractivity contribution in [1.82, 2.24) is 0 Å². The summed E-state index contributed by atoms with van der Waals surface area (Å²) in [6, 6.07) is 12.8. The molecule has 0 atom stereocenters. The van der Waals surface area contributed by atoms with Gasteiger partial charge in [-0.25, -0.2) is 0 Å². The molecule has 2 aromatic rings. The molecule has 0 spiro atoms. The van der Waals surface area contributed by atoms with Crippen LogP contribution in [0.4, 0.5) is 5.69 Å². The Hall–Kier alpha value is -2.49. The number of anilines is 1. The van der Waals surface area contributed by atoms with Gasteiger partial charge >= 0.3 is 0 Å². The van der Waals surface area contributed by atoms with E-state index in [0.717, 1.165) is 11.3 Å². The topological polar surface area (TPSA) is 47.6 Å². The Balaban J connectivity index is 2.30. The number of benzene rings is 2. The molecule has 1 N–H and O–H groups in total. The van der Waals surface area contributed by atoms with Gasteiger partial charge in [-0.2, -0.15) is 0 Å². The third-order valence-electron chi connectivity index (χ3n) is 3.01. The van der Waals surface area contributed by atoms with Crippen LogP contribution in [0.1, 0.15) is 15.9 Å². The smallest absolute Gasteiger partial charge is 0.256 e. The zero-order chi connectivity index (χ0) is 14.5. The van der Waals surface area contributed by atoms with Crippen LogP contribution in [0.25, 0.3) is 0 Å². The molecule has 4 nitrogen and oxygen atoms in total. The van der Waals surface area contributed by atoms with E-state index in [4.69, 9.17) is 9.47 Å². The van der Waals surface area contributed by atoms with Gasteiger partial charge in [-0.1, -0.05) is 18.2 Å². The second-order valence-corrected chi connectivity index (χ2v) is 4.34. The highest BCUT2D eigenvalue weighted by atomic mass is 16.5. The van der Waals surface area contributed by atoms with Gasteiger partial charge < -0.3 is 14.8 Å². The maximum Gasteiger partial charge on any atom is 0.256 e. The summed E-state index contributed by atoms with van der Waals surface area (Å²) in [5.41, 5.74) is 2.15. The van der Waals surface area contributed by atoms with E-state index in [1.54, 1.807) is 26.4 Å². The SMILES string of the molecule is COc1cc(C)c(C(=O)Nc2ccccc2)cc1OC. The molecular weight excluding hydrogens is 254 g/mol. The van der Waals surface area contributed by atoms with Crippen molar-refractivity contribution in [1.29, 1.82) is 0 Å². The molecule has 0 saturated carbocycles. The number of carbonyl (C=O) groups excluding carboxylic acids is 1. The summed E-state index contributed by atoms with van der Waals surface area (Å²) >= 11 is 0. The van der Waals surface area contributed by atoms with Crippen molar-refractivity contribution in [3.63, 3.8) is 0 Å². The number of carbonyl (C=O) groups is 1. The van der Waals surface area contributed by atoms with Crippen LogP contribution in [0.5, 0.6) is 11.5 Å². The lowest BCUT2D eigenvalue weighted by Crippen LogP contribution is -2.13. The molecule has 0 unspecified atom stereocenters. The molecule has 104 valence electrons. The average molecular weight is 271 g/mol. The Labute approximate surface area is 118 Å². The number of amides is 1. The first-order valence-electron chi connectivity index (χ1n) is 6.24. The molecular formula is C16H17NO3. The van der Waals surface area contributed by atoms with Crippen molar-refractivity contribution in [3.05, 3.63) is 53.6 Å². The fourth-order valence-electron chi connectivity index (χ4n) is 1.95. The molecule has 0 heterocycles. The third-order valence-corrected chi connectivity index (χ3v) is 3.01. The summed E-state index contributed by atoms with van der Waals surface area (Å²) in [5, 5.41) is 2.85. The third kappa shape index (κ3) is 2.91. The molecule has 0 fully saturated rings. The largest absolute Gasteiger partial charge is 0.493 e. The maximum absolute atomic E-state index is 12.3. The highest BCUT2D eigenvalue weighted by Gasteiger charge is 2.14. The summed E-state index contributed by atoms with van der Waals surface area (Å²) < 4.78 is 10.4. The minimum Gasteiger partial charge on any atom is -0.493 e. The van der Waals surface area contributed by atoms with Crippen molar-refractivity contribution in [2.75, 3.05) is 19.5 Å². The van der Waals surface area contributed by atoms with E-state index in [-0.39, 0.29) is 5.91 Å². The van der Waals surface area contributed by atoms with Gasteiger partial charge in [0.15, 0.2) is 11.5 Å². The molecule has 0 aromatic heterocycles. The Morgan fingerprint density at radius 3 is 2.20 bits per heavy atom. The lowest BCUT2D eigenvalue weighted by Gasteiger charge is -2.12. The standard InChI is InChI=1S/C16H17NO3/c1-11-9-14(19-2)15(20-3)10-13(11)16(18)17-12-7-5-4-6-8-12/h4-10H,1-3H3,(H,17,18). The fraction of sp³-hybridized carbons (Fsp3) is 0.188. The van der Waals surface area contributed by atoms with Crippen LogP contribution in [0.3, 0.4) is 0 Å². The molecule has 20 heavy (non-hydrogen) atoms. The second kappa shape index (κ2) is 6.10. The molecule has 0 bridgehead atoms. The minimum absolute atomic E-state index is 0.172. The van der Waals surface area contributed by atoms with Crippen LogP contribution in [-0.2, 0) is 0 Å². The van der Waals surface area contributed by atoms with Crippen molar-refractivity contribution in [3.8, 4) is 11.5 Å². The van der Waals surface area contributed by atoms with E-state index >= 15 is 0 Å². The van der Waals surface area contributed by atoms with Crippen LogP contribution in [-0.4, -0.2) is 20.1 Å². The van der Waals surface area contributed by atoms with Crippen LogP contribution >= 0.6 is 0 Å². The fourth-order valence-corrected chi connectivity index (χ4v) is 1.95. The summed E-state index contributed by atoms with van der Waals surface area (Å²) in [6.45, 7) is 1.86. The number of aryl methyl sites for hydroxylation is 1. The molecule has 0 aliphatic carbocycles. The van der Waals surface area contributed by atoms with E-state index in [9.17, 15) is 4.79 Å². The Bertz CT molecular complexity index is 609. The van der Waals surface area contributed by atoms with Crippen LogP contribution in [0, 0.1) is 6.92 Å². The number of rotatable bonds is 4. The molecule has 2 aromatic carbocycles. The van der Waals surface area contributed by atoms with Gasteiger partial charge in [-0.3, -0.25) is 4.79 Å². The van der Waals surface area contributed by atoms with Gasteiger partial charge in [0.2, 0.25) is 0 Å². The highest BCUT2D eigenvalue weighted by Crippen LogP contribution is 2.30. The van der Waals surface area contributed by atoms with E-state index < -0.39 is 0 Å². The number of para-hydroxylation sites is 1. The van der Waals surface area contributed by atoms with Crippen molar-refractivity contribution < 1.29 is 14.3 Å². The van der Waals surface area contributed by atoms with Crippen LogP contribution in [0.2, 0.25) is 0 Å². The Morgan fingerprint density at radius 2 is 1.60 bits per heavy atom. The summed E-state index contributed by atoms with van der Waals surface area (Å²) in [7, 11) is 3.12. The zero-order valence-electron chi connectivity index (χ0n) is 11.8. The number of hydrogen-bond acceptors (Lipinski definition) is 3. The van der Waals surface area contributed by atoms with E-state index in [1.165, 1.54) is 0 Å². The zero-order valence-corrected chi connectivity index (χ0v) is 11.8. The molecule has 4 heteroatoms. The first kappa shape index (κ1) is 13.9. The van der Waals surface area contributed by atoms with E-state index in [0.29, 0.717) is 17.1 Å². The molecule has 0 aliphatic heterocycles. The van der Waals surface area contributed by atoms with Crippen molar-refractivity contribution >= 4 is 11.6 Å². The van der Waals surface area contributed by atoms with E-state index in [1.807, 2.05) is 37.3 Å². The first-order valence-corrected chi connectivity index (χ1v) is 6.24. The number of nitrogens with one attached hydrogen (secondary N) is 1. The Kier molecular flexibility index (Phi) is 4.25. The molecule has 1 amide bonds. The average Bonchev–Trinajstić information content (AvgIpc) is 2.47.